The van der Waals surface area contributed by atoms with Crippen LogP contribution in [0.4, 0.5) is 0 Å². The molecule has 1 saturated carbocycles. The molecule has 2 bridgehead atoms. The van der Waals surface area contributed by atoms with Crippen molar-refractivity contribution in [2.75, 3.05) is 53.6 Å². The smallest absolute Gasteiger partial charge is 0.161 e. The number of rotatable bonds is 9. The summed E-state index contributed by atoms with van der Waals surface area (Å²) < 4.78 is 17.2. The number of hydrogen-bond donors (Lipinski definition) is 1. The first-order valence-electron chi connectivity index (χ1n) is 11.3. The lowest BCUT2D eigenvalue weighted by molar-refractivity contribution is -0.0303. The highest BCUT2D eigenvalue weighted by Crippen LogP contribution is 2.38. The van der Waals surface area contributed by atoms with Crippen LogP contribution in [0.5, 0.6) is 11.5 Å². The van der Waals surface area contributed by atoms with Crippen molar-refractivity contribution in [3.8, 4) is 11.5 Å². The Balaban J connectivity index is 1.27. The molecule has 2 unspecified atom stereocenters. The molecular formula is C24H36N2O4. The van der Waals surface area contributed by atoms with Crippen LogP contribution in [0, 0.1) is 11.8 Å². The third-order valence-corrected chi connectivity index (χ3v) is 6.77. The van der Waals surface area contributed by atoms with E-state index in [4.69, 9.17) is 14.2 Å². The Bertz CT molecular complexity index is 711. The van der Waals surface area contributed by atoms with Crippen LogP contribution in [-0.4, -0.2) is 80.7 Å². The number of likely N-dealkylation sites (tertiary alicyclic amines) is 1. The number of benzene rings is 1. The molecule has 6 nitrogen and oxygen atoms in total. The molecule has 0 radical (unpaired) electrons. The number of hydrogen-bond acceptors (Lipinski definition) is 6. The van der Waals surface area contributed by atoms with Gasteiger partial charge in [0.1, 0.15) is 12.7 Å². The molecule has 2 aliphatic heterocycles. The average molecular weight is 417 g/mol. The first-order chi connectivity index (χ1) is 14.7. The van der Waals surface area contributed by atoms with Crippen molar-refractivity contribution < 1.29 is 19.3 Å². The molecular weight excluding hydrogens is 380 g/mol. The zero-order valence-electron chi connectivity index (χ0n) is 18.3. The molecule has 1 aliphatic carbocycles. The highest BCUT2D eigenvalue weighted by Gasteiger charge is 2.42. The van der Waals surface area contributed by atoms with Crippen molar-refractivity contribution in [1.82, 2.24) is 9.80 Å². The maximum Gasteiger partial charge on any atom is 0.161 e. The first-order valence-corrected chi connectivity index (χ1v) is 11.3. The van der Waals surface area contributed by atoms with E-state index in [1.54, 1.807) is 7.11 Å². The number of aliphatic hydroxyl groups excluding tert-OH is 1. The maximum atomic E-state index is 10.6. The van der Waals surface area contributed by atoms with E-state index in [2.05, 4.69) is 28.0 Å². The molecule has 4 rings (SSSR count). The molecule has 2 heterocycles. The van der Waals surface area contributed by atoms with Crippen LogP contribution in [-0.2, 0) is 11.3 Å². The summed E-state index contributed by atoms with van der Waals surface area (Å²) in [6.07, 6.45) is 7.94. The van der Waals surface area contributed by atoms with Gasteiger partial charge in [0.15, 0.2) is 11.5 Å². The van der Waals surface area contributed by atoms with Gasteiger partial charge in [-0.2, -0.15) is 0 Å². The van der Waals surface area contributed by atoms with Crippen LogP contribution in [0.2, 0.25) is 0 Å². The van der Waals surface area contributed by atoms with E-state index in [1.165, 1.54) is 18.4 Å². The molecule has 166 valence electrons. The Morgan fingerprint density at radius 3 is 2.53 bits per heavy atom. The minimum Gasteiger partial charge on any atom is -0.493 e. The molecule has 1 N–H and O–H groups in total. The number of nitrogens with zero attached hydrogens (tertiary/aromatic N) is 2. The summed E-state index contributed by atoms with van der Waals surface area (Å²) in [6.45, 7) is 5.93. The quantitative estimate of drug-likeness (QED) is 0.625. The molecule has 1 saturated heterocycles. The second kappa shape index (κ2) is 10.1. The minimum absolute atomic E-state index is 0.270. The van der Waals surface area contributed by atoms with Gasteiger partial charge in [-0.05, 0) is 48.8 Å². The number of methoxy groups -OCH3 is 2. The van der Waals surface area contributed by atoms with E-state index in [0.29, 0.717) is 30.2 Å². The number of β-amino-alcohol motifs (C(OH)–C–C–N with tert-alkyl or cyclic N) is 1. The highest BCUT2D eigenvalue weighted by atomic mass is 16.5. The Hall–Kier alpha value is -1.60. The van der Waals surface area contributed by atoms with Gasteiger partial charge in [-0.1, -0.05) is 18.2 Å². The first kappa shape index (κ1) is 21.6. The molecule has 30 heavy (non-hydrogen) atoms. The molecule has 0 amide bonds. The summed E-state index contributed by atoms with van der Waals surface area (Å²) in [5.41, 5.74) is 1.21. The summed E-state index contributed by atoms with van der Waals surface area (Å²) in [5, 5.41) is 10.6. The molecule has 1 aromatic rings. The van der Waals surface area contributed by atoms with Gasteiger partial charge in [-0.3, -0.25) is 9.80 Å². The second-order valence-corrected chi connectivity index (χ2v) is 8.96. The molecule has 0 spiro atoms. The minimum atomic E-state index is -0.520. The SMILES string of the molecule is COc1cc(CN2CC=CCC2)ccc1OCC(O)CN1C[C@H]2CC[C@@H](C1)C2OC. The summed E-state index contributed by atoms with van der Waals surface area (Å²) >= 11 is 0. The van der Waals surface area contributed by atoms with Gasteiger partial charge < -0.3 is 19.3 Å². The molecule has 0 aromatic heterocycles. The zero-order valence-corrected chi connectivity index (χ0v) is 18.3. The van der Waals surface area contributed by atoms with E-state index < -0.39 is 6.10 Å². The van der Waals surface area contributed by atoms with Gasteiger partial charge in [0.2, 0.25) is 0 Å². The summed E-state index contributed by atoms with van der Waals surface area (Å²) in [7, 11) is 3.50. The predicted molar refractivity (Wildman–Crippen MR) is 117 cm³/mol. The highest BCUT2D eigenvalue weighted by molar-refractivity contribution is 5.43. The summed E-state index contributed by atoms with van der Waals surface area (Å²) in [6, 6.07) is 6.11. The number of ether oxygens (including phenoxy) is 3. The second-order valence-electron chi connectivity index (χ2n) is 8.96. The fourth-order valence-electron chi connectivity index (χ4n) is 5.36. The molecule has 3 aliphatic rings. The Kier molecular flexibility index (Phi) is 7.31. The van der Waals surface area contributed by atoms with Crippen molar-refractivity contribution in [1.29, 1.82) is 0 Å². The number of fused-ring (bicyclic) bond motifs is 2. The van der Waals surface area contributed by atoms with E-state index in [0.717, 1.165) is 44.9 Å². The molecule has 1 aromatic carbocycles. The zero-order chi connectivity index (χ0) is 20.9. The van der Waals surface area contributed by atoms with E-state index in [1.807, 2.05) is 19.2 Å². The van der Waals surface area contributed by atoms with Crippen molar-refractivity contribution in [3.05, 3.63) is 35.9 Å². The van der Waals surface area contributed by atoms with Crippen LogP contribution >= 0.6 is 0 Å². The standard InChI is InChI=1S/C24H36N2O4/c1-28-23-12-18(13-25-10-4-3-5-11-25)6-9-22(23)30-17-21(27)16-26-14-19-7-8-20(15-26)24(19)29-2/h3-4,6,9,12,19-21,24,27H,5,7-8,10-11,13-17H2,1-2H3/t19-,20+,21?,24?. The lowest BCUT2D eigenvalue weighted by atomic mass is 9.94. The van der Waals surface area contributed by atoms with Crippen LogP contribution in [0.15, 0.2) is 30.4 Å². The largest absolute Gasteiger partial charge is 0.493 e. The third-order valence-electron chi connectivity index (χ3n) is 6.77. The fraction of sp³-hybridized carbons (Fsp3) is 0.667. The van der Waals surface area contributed by atoms with Gasteiger partial charge in [0.25, 0.3) is 0 Å². The predicted octanol–water partition coefficient (Wildman–Crippen LogP) is 2.55. The Labute approximate surface area is 180 Å². The Morgan fingerprint density at radius 1 is 1.07 bits per heavy atom. The van der Waals surface area contributed by atoms with Crippen molar-refractivity contribution >= 4 is 0 Å². The van der Waals surface area contributed by atoms with Crippen LogP contribution in [0.3, 0.4) is 0 Å². The van der Waals surface area contributed by atoms with Crippen molar-refractivity contribution in [2.45, 2.75) is 38.0 Å². The monoisotopic (exact) mass is 416 g/mol. The van der Waals surface area contributed by atoms with Crippen molar-refractivity contribution in [3.63, 3.8) is 0 Å². The Morgan fingerprint density at radius 2 is 1.87 bits per heavy atom. The summed E-state index contributed by atoms with van der Waals surface area (Å²) in [5.74, 6) is 2.62. The number of piperidine rings is 1. The van der Waals surface area contributed by atoms with Crippen molar-refractivity contribution in [2.24, 2.45) is 11.8 Å². The van der Waals surface area contributed by atoms with Crippen LogP contribution < -0.4 is 9.47 Å². The molecule has 4 atom stereocenters. The van der Waals surface area contributed by atoms with Crippen LogP contribution in [0.25, 0.3) is 0 Å². The molecule has 6 heteroatoms. The normalized spacial score (nSPS) is 27.9. The van der Waals surface area contributed by atoms with Gasteiger partial charge in [-0.15, -0.1) is 0 Å². The summed E-state index contributed by atoms with van der Waals surface area (Å²) in [4.78, 5) is 4.79. The van der Waals surface area contributed by atoms with Crippen LogP contribution in [0.1, 0.15) is 24.8 Å². The van der Waals surface area contributed by atoms with Gasteiger partial charge in [0, 0.05) is 46.4 Å². The van der Waals surface area contributed by atoms with E-state index in [-0.39, 0.29) is 6.61 Å². The van der Waals surface area contributed by atoms with Gasteiger partial charge >= 0.3 is 0 Å². The fourth-order valence-corrected chi connectivity index (χ4v) is 5.36. The number of aliphatic hydroxyl groups is 1. The lowest BCUT2D eigenvalue weighted by Gasteiger charge is -2.38. The topological polar surface area (TPSA) is 54.4 Å². The average Bonchev–Trinajstić information content (AvgIpc) is 3.02. The maximum absolute atomic E-state index is 10.6. The van der Waals surface area contributed by atoms with E-state index in [9.17, 15) is 5.11 Å². The van der Waals surface area contributed by atoms with E-state index >= 15 is 0 Å². The van der Waals surface area contributed by atoms with Gasteiger partial charge in [-0.25, -0.2) is 0 Å². The van der Waals surface area contributed by atoms with Gasteiger partial charge in [0.05, 0.1) is 13.2 Å². The molecule has 2 fully saturated rings. The third kappa shape index (κ3) is 5.17. The lowest BCUT2D eigenvalue weighted by Crippen LogP contribution is -2.48.